The first-order valence-corrected chi connectivity index (χ1v) is 7.70. The molecule has 4 nitrogen and oxygen atoms in total. The zero-order chi connectivity index (χ0) is 14.8. The van der Waals surface area contributed by atoms with Gasteiger partial charge in [-0.25, -0.2) is 9.18 Å². The van der Waals surface area contributed by atoms with Crippen molar-refractivity contribution in [3.05, 3.63) is 23.5 Å². The Kier molecular flexibility index (Phi) is 4.42. The minimum atomic E-state index is -0.561. The Morgan fingerprint density at radius 1 is 1.55 bits per heavy atom. The Hall–Kier alpha value is -1.43. The summed E-state index contributed by atoms with van der Waals surface area (Å²) in [4.78, 5) is 11.6. The third kappa shape index (κ3) is 2.85. The zero-order valence-corrected chi connectivity index (χ0v) is 12.5. The Labute approximate surface area is 122 Å². The molecule has 0 heterocycles. The molecule has 6 heteroatoms. The van der Waals surface area contributed by atoms with Gasteiger partial charge in [0.25, 0.3) is 0 Å². The van der Waals surface area contributed by atoms with Crippen LogP contribution in [0, 0.1) is 5.82 Å². The van der Waals surface area contributed by atoms with Crippen molar-refractivity contribution in [3.8, 4) is 0 Å². The Morgan fingerprint density at radius 2 is 2.25 bits per heavy atom. The summed E-state index contributed by atoms with van der Waals surface area (Å²) < 4.78 is 18.7. The number of hydrogen-bond acceptors (Lipinski definition) is 5. The van der Waals surface area contributed by atoms with Gasteiger partial charge in [-0.3, -0.25) is 0 Å². The highest BCUT2D eigenvalue weighted by Crippen LogP contribution is 2.42. The minimum absolute atomic E-state index is 0.0862. The van der Waals surface area contributed by atoms with Gasteiger partial charge in [-0.15, -0.1) is 0 Å². The SMILES string of the molecule is COC(=O)c1cc(NCC2(SC)CCC2)c(F)cc1N. The fraction of sp³-hybridized carbons (Fsp3) is 0.500. The third-order valence-electron chi connectivity index (χ3n) is 3.84. The number of nitrogens with two attached hydrogens (primary N) is 1. The fourth-order valence-electron chi connectivity index (χ4n) is 2.29. The van der Waals surface area contributed by atoms with E-state index in [1.807, 2.05) is 0 Å². The number of carbonyl (C=O) groups is 1. The maximum absolute atomic E-state index is 13.9. The predicted octanol–water partition coefficient (Wildman–Crippen LogP) is 2.89. The second kappa shape index (κ2) is 5.91. The number of methoxy groups -OCH3 is 1. The van der Waals surface area contributed by atoms with Crippen LogP contribution in [-0.4, -0.2) is 30.6 Å². The molecule has 0 saturated heterocycles. The van der Waals surface area contributed by atoms with Gasteiger partial charge in [0, 0.05) is 17.0 Å². The number of halogens is 1. The van der Waals surface area contributed by atoms with Crippen LogP contribution in [0.2, 0.25) is 0 Å². The van der Waals surface area contributed by atoms with Gasteiger partial charge in [-0.1, -0.05) is 6.42 Å². The molecule has 1 aliphatic carbocycles. The van der Waals surface area contributed by atoms with Crippen molar-refractivity contribution in [2.45, 2.75) is 24.0 Å². The van der Waals surface area contributed by atoms with Crippen LogP contribution >= 0.6 is 11.8 Å². The van der Waals surface area contributed by atoms with Crippen LogP contribution in [0.3, 0.4) is 0 Å². The summed E-state index contributed by atoms with van der Waals surface area (Å²) in [5.74, 6) is -1.01. The molecule has 0 atom stereocenters. The molecule has 1 fully saturated rings. The summed E-state index contributed by atoms with van der Waals surface area (Å²) in [5.41, 5.74) is 6.20. The van der Waals surface area contributed by atoms with Gasteiger partial charge in [-0.05, 0) is 31.2 Å². The van der Waals surface area contributed by atoms with Crippen LogP contribution in [0.25, 0.3) is 0 Å². The number of benzene rings is 1. The number of hydrogen-bond donors (Lipinski definition) is 2. The lowest BCUT2D eigenvalue weighted by molar-refractivity contribution is 0.0602. The number of nitrogens with one attached hydrogen (secondary N) is 1. The predicted molar refractivity (Wildman–Crippen MR) is 80.7 cm³/mol. The topological polar surface area (TPSA) is 64.3 Å². The molecular weight excluding hydrogens is 279 g/mol. The maximum Gasteiger partial charge on any atom is 0.340 e. The first-order chi connectivity index (χ1) is 9.51. The summed E-state index contributed by atoms with van der Waals surface area (Å²) in [6, 6.07) is 2.57. The number of thioether (sulfide) groups is 1. The number of rotatable bonds is 5. The second-order valence-electron chi connectivity index (χ2n) is 5.01. The lowest BCUT2D eigenvalue weighted by Gasteiger charge is -2.40. The quantitative estimate of drug-likeness (QED) is 0.646. The van der Waals surface area contributed by atoms with Crippen molar-refractivity contribution in [1.29, 1.82) is 0 Å². The molecule has 1 aliphatic rings. The lowest BCUT2D eigenvalue weighted by Crippen LogP contribution is -2.40. The van der Waals surface area contributed by atoms with E-state index in [0.717, 1.165) is 18.9 Å². The van der Waals surface area contributed by atoms with Gasteiger partial charge in [0.05, 0.1) is 18.4 Å². The highest BCUT2D eigenvalue weighted by molar-refractivity contribution is 8.00. The normalized spacial score (nSPS) is 16.4. The molecule has 0 spiro atoms. The van der Waals surface area contributed by atoms with E-state index in [9.17, 15) is 9.18 Å². The molecule has 1 aromatic carbocycles. The molecule has 1 saturated carbocycles. The number of ether oxygens (including phenoxy) is 1. The van der Waals surface area contributed by atoms with Gasteiger partial charge >= 0.3 is 5.97 Å². The largest absolute Gasteiger partial charge is 0.465 e. The van der Waals surface area contributed by atoms with Crippen LogP contribution in [0.4, 0.5) is 15.8 Å². The molecule has 0 bridgehead atoms. The molecule has 1 aromatic rings. The van der Waals surface area contributed by atoms with Crippen molar-refractivity contribution in [2.75, 3.05) is 31.0 Å². The van der Waals surface area contributed by atoms with Gasteiger partial charge in [0.15, 0.2) is 0 Å². The molecule has 110 valence electrons. The van der Waals surface area contributed by atoms with Gasteiger partial charge < -0.3 is 15.8 Å². The summed E-state index contributed by atoms with van der Waals surface area (Å²) in [7, 11) is 1.27. The first kappa shape index (κ1) is 15.0. The monoisotopic (exact) mass is 298 g/mol. The van der Waals surface area contributed by atoms with E-state index >= 15 is 0 Å². The molecule has 0 radical (unpaired) electrons. The van der Waals surface area contributed by atoms with Crippen LogP contribution < -0.4 is 11.1 Å². The Bertz CT molecular complexity index is 513. The molecule has 3 N–H and O–H groups in total. The standard InChI is InChI=1S/C14H19FN2O2S/c1-19-13(18)9-6-12(10(15)7-11(9)16)17-8-14(20-2)4-3-5-14/h6-7,17H,3-5,8,16H2,1-2H3. The average Bonchev–Trinajstić information content (AvgIpc) is 2.39. The van der Waals surface area contributed by atoms with E-state index in [1.54, 1.807) is 11.8 Å². The Morgan fingerprint density at radius 3 is 2.75 bits per heavy atom. The van der Waals surface area contributed by atoms with E-state index in [1.165, 1.54) is 19.6 Å². The van der Waals surface area contributed by atoms with Crippen LogP contribution in [0.5, 0.6) is 0 Å². The van der Waals surface area contributed by atoms with Crippen molar-refractivity contribution in [3.63, 3.8) is 0 Å². The van der Waals surface area contributed by atoms with Gasteiger partial charge in [0.1, 0.15) is 5.82 Å². The molecule has 0 aromatic heterocycles. The summed E-state index contributed by atoms with van der Waals surface area (Å²) in [5, 5.41) is 3.09. The van der Waals surface area contributed by atoms with Crippen LogP contribution in [0.1, 0.15) is 29.6 Å². The summed E-state index contributed by atoms with van der Waals surface area (Å²) in [6.45, 7) is 0.676. The smallest absolute Gasteiger partial charge is 0.340 e. The van der Waals surface area contributed by atoms with Crippen molar-refractivity contribution < 1.29 is 13.9 Å². The number of nitrogen functional groups attached to an aromatic ring is 1. The molecule has 0 unspecified atom stereocenters. The van der Waals surface area contributed by atoms with Crippen molar-refractivity contribution >= 4 is 29.1 Å². The zero-order valence-electron chi connectivity index (χ0n) is 11.7. The van der Waals surface area contributed by atoms with Crippen molar-refractivity contribution in [1.82, 2.24) is 0 Å². The molecule has 2 rings (SSSR count). The number of anilines is 2. The fourth-order valence-corrected chi connectivity index (χ4v) is 3.20. The minimum Gasteiger partial charge on any atom is -0.465 e. The Balaban J connectivity index is 2.16. The summed E-state index contributed by atoms with van der Waals surface area (Å²) in [6.07, 6.45) is 5.53. The van der Waals surface area contributed by atoms with Gasteiger partial charge in [-0.2, -0.15) is 11.8 Å². The number of carbonyl (C=O) groups excluding carboxylic acids is 1. The van der Waals surface area contributed by atoms with Crippen molar-refractivity contribution in [2.24, 2.45) is 0 Å². The molecule has 20 heavy (non-hydrogen) atoms. The van der Waals surface area contributed by atoms with Crippen LogP contribution in [0.15, 0.2) is 12.1 Å². The highest BCUT2D eigenvalue weighted by Gasteiger charge is 2.36. The highest BCUT2D eigenvalue weighted by atomic mass is 32.2. The van der Waals surface area contributed by atoms with Crippen LogP contribution in [-0.2, 0) is 4.74 Å². The van der Waals surface area contributed by atoms with E-state index in [4.69, 9.17) is 5.73 Å². The van der Waals surface area contributed by atoms with E-state index < -0.39 is 11.8 Å². The third-order valence-corrected chi connectivity index (χ3v) is 5.26. The first-order valence-electron chi connectivity index (χ1n) is 6.48. The number of esters is 1. The second-order valence-corrected chi connectivity index (χ2v) is 6.28. The van der Waals surface area contributed by atoms with E-state index in [2.05, 4.69) is 16.3 Å². The molecular formula is C14H19FN2O2S. The lowest BCUT2D eigenvalue weighted by atomic mass is 9.84. The van der Waals surface area contributed by atoms with Gasteiger partial charge in [0.2, 0.25) is 0 Å². The average molecular weight is 298 g/mol. The molecule has 0 amide bonds. The summed E-state index contributed by atoms with van der Waals surface area (Å²) >= 11 is 1.80. The van der Waals surface area contributed by atoms with E-state index in [-0.39, 0.29) is 16.0 Å². The maximum atomic E-state index is 13.9. The molecule has 0 aliphatic heterocycles. The van der Waals surface area contributed by atoms with E-state index in [0.29, 0.717) is 12.2 Å².